The topological polar surface area (TPSA) is 77.1 Å². The van der Waals surface area contributed by atoms with E-state index in [1.807, 2.05) is 0 Å². The molecule has 168 valence electrons. The number of carbonyl (C=O) groups excluding carboxylic acids is 2. The molecule has 1 aromatic carbocycles. The molecule has 2 bridgehead atoms. The molecule has 5 aliphatic rings. The second kappa shape index (κ2) is 8.39. The van der Waals surface area contributed by atoms with E-state index < -0.39 is 5.54 Å². The van der Waals surface area contributed by atoms with Gasteiger partial charge in [-0.1, -0.05) is 0 Å². The van der Waals surface area contributed by atoms with Gasteiger partial charge in [-0.3, -0.25) is 9.59 Å². The summed E-state index contributed by atoms with van der Waals surface area (Å²) in [6.45, 7) is 1.22. The van der Waals surface area contributed by atoms with Crippen LogP contribution in [-0.4, -0.2) is 67.4 Å². The molecule has 0 aromatic heterocycles. The van der Waals surface area contributed by atoms with Gasteiger partial charge >= 0.3 is 0 Å². The van der Waals surface area contributed by atoms with Gasteiger partial charge < -0.3 is 24.4 Å². The maximum absolute atomic E-state index is 14.0. The molecular weight excluding hydrogens is 403 g/mol. The molecule has 3 fully saturated rings. The highest BCUT2D eigenvalue weighted by Crippen LogP contribution is 2.40. The summed E-state index contributed by atoms with van der Waals surface area (Å²) in [5, 5.41) is 3.12. The third kappa shape index (κ3) is 4.03. The predicted octanol–water partition coefficient (Wildman–Crippen LogP) is 2.14. The van der Waals surface area contributed by atoms with Crippen molar-refractivity contribution in [1.82, 2.24) is 10.2 Å². The summed E-state index contributed by atoms with van der Waals surface area (Å²) in [6, 6.07) is 4.24. The van der Waals surface area contributed by atoms with E-state index >= 15 is 0 Å². The van der Waals surface area contributed by atoms with E-state index in [1.165, 1.54) is 6.07 Å². The fourth-order valence-electron chi connectivity index (χ4n) is 5.68. The van der Waals surface area contributed by atoms with Gasteiger partial charge in [-0.2, -0.15) is 0 Å². The van der Waals surface area contributed by atoms with Gasteiger partial charge in [0.2, 0.25) is 5.91 Å². The maximum atomic E-state index is 14.0. The van der Waals surface area contributed by atoms with Crippen molar-refractivity contribution in [1.29, 1.82) is 0 Å². The minimum absolute atomic E-state index is 0.0454. The number of fused-ring (bicyclic) bond motifs is 5. The van der Waals surface area contributed by atoms with E-state index in [4.69, 9.17) is 14.2 Å². The molecule has 31 heavy (non-hydrogen) atoms. The number of nitrogens with one attached hydrogen (secondary N) is 1. The zero-order valence-electron chi connectivity index (χ0n) is 17.6. The Hall–Kier alpha value is -2.19. The number of amides is 2. The lowest BCUT2D eigenvalue weighted by Crippen LogP contribution is -2.72. The number of carbonyl (C=O) groups is 2. The number of hydrogen-bond acceptors (Lipinski definition) is 5. The van der Waals surface area contributed by atoms with Gasteiger partial charge in [0.15, 0.2) is 6.61 Å². The summed E-state index contributed by atoms with van der Waals surface area (Å²) in [4.78, 5) is 27.2. The van der Waals surface area contributed by atoms with Gasteiger partial charge in [-0.15, -0.1) is 0 Å². The number of halogens is 1. The molecule has 2 amide bonds. The van der Waals surface area contributed by atoms with Crippen LogP contribution >= 0.6 is 0 Å². The van der Waals surface area contributed by atoms with Crippen molar-refractivity contribution in [3.8, 4) is 5.75 Å². The Labute approximate surface area is 181 Å². The summed E-state index contributed by atoms with van der Waals surface area (Å²) in [5.74, 6) is 0.172. The van der Waals surface area contributed by atoms with Crippen LogP contribution < -0.4 is 10.1 Å². The number of benzene rings is 1. The monoisotopic (exact) mass is 432 g/mol. The van der Waals surface area contributed by atoms with Crippen LogP contribution in [0.3, 0.4) is 0 Å². The van der Waals surface area contributed by atoms with Gasteiger partial charge in [0.05, 0.1) is 30.9 Å². The van der Waals surface area contributed by atoms with Crippen LogP contribution in [0.1, 0.15) is 50.0 Å². The number of nitrogens with zero attached hydrogens (tertiary/aromatic N) is 1. The van der Waals surface area contributed by atoms with Crippen molar-refractivity contribution in [3.05, 3.63) is 29.6 Å². The number of morpholine rings is 1. The molecule has 0 radical (unpaired) electrons. The molecule has 2 saturated heterocycles. The minimum atomic E-state index is -0.637. The number of rotatable bonds is 0. The Morgan fingerprint density at radius 2 is 1.97 bits per heavy atom. The van der Waals surface area contributed by atoms with Crippen molar-refractivity contribution in [2.45, 2.75) is 62.1 Å². The predicted molar refractivity (Wildman–Crippen MR) is 109 cm³/mol. The Kier molecular flexibility index (Phi) is 5.60. The SMILES string of the molecule is O=C1COCC2(CCCN3C(=O)COc4ccc(F)cc4C4CCC(CC4)OCC32)N1. The van der Waals surface area contributed by atoms with Crippen LogP contribution in [0.15, 0.2) is 18.2 Å². The van der Waals surface area contributed by atoms with E-state index in [0.717, 1.165) is 44.1 Å². The molecular formula is C23H29FN2O5. The average Bonchev–Trinajstić information content (AvgIpc) is 2.78. The summed E-state index contributed by atoms with van der Waals surface area (Å²) in [6.07, 6.45) is 5.11. The highest BCUT2D eigenvalue weighted by Gasteiger charge is 2.49. The van der Waals surface area contributed by atoms with Crippen LogP contribution in [0.4, 0.5) is 4.39 Å². The lowest BCUT2D eigenvalue weighted by molar-refractivity contribution is -0.156. The van der Waals surface area contributed by atoms with Gasteiger partial charge in [0.1, 0.15) is 18.2 Å². The Morgan fingerprint density at radius 3 is 2.77 bits per heavy atom. The molecule has 7 nitrogen and oxygen atoms in total. The van der Waals surface area contributed by atoms with E-state index in [1.54, 1.807) is 17.0 Å². The first-order valence-corrected chi connectivity index (χ1v) is 11.3. The molecule has 1 spiro atoms. The van der Waals surface area contributed by atoms with Crippen LogP contribution in [0.2, 0.25) is 0 Å². The highest BCUT2D eigenvalue weighted by atomic mass is 19.1. The lowest BCUT2D eigenvalue weighted by Gasteiger charge is -2.51. The summed E-state index contributed by atoms with van der Waals surface area (Å²) >= 11 is 0. The van der Waals surface area contributed by atoms with Crippen LogP contribution in [-0.2, 0) is 19.1 Å². The number of hydrogen-bond donors (Lipinski definition) is 1. The molecule has 4 heterocycles. The van der Waals surface area contributed by atoms with E-state index in [2.05, 4.69) is 5.32 Å². The first-order chi connectivity index (χ1) is 15.0. The molecule has 8 heteroatoms. The molecule has 4 aliphatic heterocycles. The Balaban J connectivity index is 1.46. The fourth-order valence-corrected chi connectivity index (χ4v) is 5.68. The molecule has 6 rings (SSSR count). The van der Waals surface area contributed by atoms with Crippen molar-refractivity contribution in [2.24, 2.45) is 0 Å². The third-order valence-corrected chi connectivity index (χ3v) is 7.26. The number of ether oxygens (including phenoxy) is 3. The quantitative estimate of drug-likeness (QED) is 0.680. The van der Waals surface area contributed by atoms with E-state index in [9.17, 15) is 14.0 Å². The molecule has 1 aromatic rings. The standard InChI is InChI=1S/C23H29FN2O5/c24-16-4-7-19-18(10-16)15-2-5-17(6-3-15)30-11-20-23(14-29-12-21(27)25-23)8-1-9-26(20)22(28)13-31-19/h4,7,10,15,17,20H,1-3,5-6,8-9,11-14H2,(H,25,27). The normalized spacial score (nSPS) is 34.0. The van der Waals surface area contributed by atoms with Gasteiger partial charge in [-0.25, -0.2) is 4.39 Å². The zero-order valence-corrected chi connectivity index (χ0v) is 17.6. The summed E-state index contributed by atoms with van der Waals surface area (Å²) < 4.78 is 31.8. The van der Waals surface area contributed by atoms with E-state index in [0.29, 0.717) is 25.5 Å². The highest BCUT2D eigenvalue weighted by molar-refractivity contribution is 5.81. The lowest BCUT2D eigenvalue weighted by atomic mass is 9.80. The molecule has 1 saturated carbocycles. The fraction of sp³-hybridized carbons (Fsp3) is 0.652. The number of piperidine rings is 1. The van der Waals surface area contributed by atoms with Crippen molar-refractivity contribution >= 4 is 11.8 Å². The first kappa shape index (κ1) is 20.7. The molecule has 1 aliphatic carbocycles. The van der Waals surface area contributed by atoms with Crippen LogP contribution in [0.5, 0.6) is 5.75 Å². The van der Waals surface area contributed by atoms with Crippen molar-refractivity contribution < 1.29 is 28.2 Å². The second-order valence-corrected chi connectivity index (χ2v) is 9.18. The molecule has 1 N–H and O–H groups in total. The summed E-state index contributed by atoms with van der Waals surface area (Å²) in [7, 11) is 0. The van der Waals surface area contributed by atoms with Gasteiger partial charge in [-0.05, 0) is 62.6 Å². The van der Waals surface area contributed by atoms with Crippen molar-refractivity contribution in [2.75, 3.05) is 33.0 Å². The van der Waals surface area contributed by atoms with Gasteiger partial charge in [0.25, 0.3) is 5.91 Å². The average molecular weight is 432 g/mol. The second-order valence-electron chi connectivity index (χ2n) is 9.18. The van der Waals surface area contributed by atoms with Crippen LogP contribution in [0.25, 0.3) is 0 Å². The first-order valence-electron chi connectivity index (χ1n) is 11.3. The summed E-state index contributed by atoms with van der Waals surface area (Å²) in [5.41, 5.74) is 0.201. The largest absolute Gasteiger partial charge is 0.483 e. The Morgan fingerprint density at radius 1 is 1.13 bits per heavy atom. The maximum Gasteiger partial charge on any atom is 0.260 e. The zero-order chi connectivity index (χ0) is 21.4. The third-order valence-electron chi connectivity index (χ3n) is 7.26. The van der Waals surface area contributed by atoms with Gasteiger partial charge in [0, 0.05) is 12.1 Å². The van der Waals surface area contributed by atoms with E-state index in [-0.39, 0.29) is 48.9 Å². The van der Waals surface area contributed by atoms with Crippen molar-refractivity contribution in [3.63, 3.8) is 0 Å². The minimum Gasteiger partial charge on any atom is -0.483 e. The smallest absolute Gasteiger partial charge is 0.260 e. The van der Waals surface area contributed by atoms with Crippen LogP contribution in [0, 0.1) is 5.82 Å². The molecule has 2 unspecified atom stereocenters. The molecule has 2 atom stereocenters. The Bertz CT molecular complexity index is 852.